The van der Waals surface area contributed by atoms with Crippen molar-refractivity contribution in [2.75, 3.05) is 18.1 Å². The molecular formula is C34H33ClN2O6S. The van der Waals surface area contributed by atoms with E-state index in [0.29, 0.717) is 57.9 Å². The summed E-state index contributed by atoms with van der Waals surface area (Å²) < 4.78 is 18.6. The van der Waals surface area contributed by atoms with Gasteiger partial charge in [-0.3, -0.25) is 14.5 Å². The zero-order chi connectivity index (χ0) is 31.0. The van der Waals surface area contributed by atoms with E-state index in [2.05, 4.69) is 11.9 Å². The van der Waals surface area contributed by atoms with E-state index in [1.165, 1.54) is 16.2 Å². The normalized spacial score (nSPS) is 19.0. The van der Waals surface area contributed by atoms with E-state index in [9.17, 15) is 14.7 Å². The van der Waals surface area contributed by atoms with Crippen molar-refractivity contribution in [3.8, 4) is 17.2 Å². The van der Waals surface area contributed by atoms with Crippen molar-refractivity contribution in [1.29, 1.82) is 0 Å². The van der Waals surface area contributed by atoms with Crippen LogP contribution < -0.4 is 19.1 Å². The highest BCUT2D eigenvalue weighted by Gasteiger charge is 2.48. The Balaban J connectivity index is 1.49. The number of ether oxygens (including phenoxy) is 3. The van der Waals surface area contributed by atoms with Crippen LogP contribution in [0.4, 0.5) is 5.13 Å². The lowest BCUT2D eigenvalue weighted by atomic mass is 9.94. The number of aromatic nitrogens is 1. The van der Waals surface area contributed by atoms with Gasteiger partial charge in [0.2, 0.25) is 0 Å². The van der Waals surface area contributed by atoms with Crippen LogP contribution in [0, 0.1) is 0 Å². The van der Waals surface area contributed by atoms with Crippen molar-refractivity contribution >= 4 is 55.7 Å². The van der Waals surface area contributed by atoms with Gasteiger partial charge in [-0.15, -0.1) is 0 Å². The Labute approximate surface area is 264 Å². The number of aliphatic hydroxyl groups excluding tert-OH is 1. The van der Waals surface area contributed by atoms with Crippen molar-refractivity contribution in [1.82, 2.24) is 4.98 Å². The fraction of sp³-hybridized carbons (Fsp3) is 0.324. The molecule has 1 N–H and O–H groups in total. The Bertz CT molecular complexity index is 1780. The molecule has 2 aliphatic rings. The van der Waals surface area contributed by atoms with Gasteiger partial charge in [0.15, 0.2) is 16.6 Å². The highest BCUT2D eigenvalue weighted by atomic mass is 35.5. The number of hydrogen-bond acceptors (Lipinski definition) is 8. The van der Waals surface area contributed by atoms with Gasteiger partial charge in [-0.25, -0.2) is 4.98 Å². The van der Waals surface area contributed by atoms with Gasteiger partial charge in [0.25, 0.3) is 5.78 Å². The molecule has 1 fully saturated rings. The van der Waals surface area contributed by atoms with E-state index in [-0.39, 0.29) is 17.4 Å². The van der Waals surface area contributed by atoms with Crippen LogP contribution in [0.3, 0.4) is 0 Å². The van der Waals surface area contributed by atoms with Crippen molar-refractivity contribution in [2.45, 2.75) is 58.6 Å². The molecule has 6 rings (SSSR count). The van der Waals surface area contributed by atoms with Crippen molar-refractivity contribution in [3.05, 3.63) is 81.9 Å². The Kier molecular flexibility index (Phi) is 8.51. The van der Waals surface area contributed by atoms with E-state index >= 15 is 0 Å². The van der Waals surface area contributed by atoms with Gasteiger partial charge >= 0.3 is 5.91 Å². The Hall–Kier alpha value is -4.08. The first-order valence-corrected chi connectivity index (χ1v) is 16.0. The van der Waals surface area contributed by atoms with Crippen LogP contribution in [-0.4, -0.2) is 41.1 Å². The summed E-state index contributed by atoms with van der Waals surface area (Å²) in [6.45, 7) is 6.92. The fourth-order valence-corrected chi connectivity index (χ4v) is 6.94. The summed E-state index contributed by atoms with van der Waals surface area (Å²) >= 11 is 7.48. The third-order valence-corrected chi connectivity index (χ3v) is 9.00. The summed E-state index contributed by atoms with van der Waals surface area (Å²) in [5.41, 5.74) is 2.55. The van der Waals surface area contributed by atoms with Gasteiger partial charge in [0.1, 0.15) is 17.6 Å². The first kappa shape index (κ1) is 30.0. The third-order valence-electron chi connectivity index (χ3n) is 7.75. The number of amides is 1. The first-order valence-electron chi connectivity index (χ1n) is 14.9. The molecule has 1 aromatic heterocycles. The van der Waals surface area contributed by atoms with Crippen LogP contribution in [0.2, 0.25) is 5.02 Å². The molecule has 0 unspecified atom stereocenters. The molecule has 3 aromatic carbocycles. The molecule has 228 valence electrons. The third kappa shape index (κ3) is 5.62. The van der Waals surface area contributed by atoms with Gasteiger partial charge < -0.3 is 19.3 Å². The van der Waals surface area contributed by atoms with Gasteiger partial charge in [-0.2, -0.15) is 0 Å². The van der Waals surface area contributed by atoms with E-state index in [0.717, 1.165) is 35.3 Å². The highest BCUT2D eigenvalue weighted by molar-refractivity contribution is 7.22. The summed E-state index contributed by atoms with van der Waals surface area (Å²) in [4.78, 5) is 33.6. The number of rotatable bonds is 10. The quantitative estimate of drug-likeness (QED) is 0.0822. The van der Waals surface area contributed by atoms with E-state index < -0.39 is 17.7 Å². The second kappa shape index (κ2) is 12.5. The van der Waals surface area contributed by atoms with Gasteiger partial charge in [-0.05, 0) is 79.9 Å². The molecular weight excluding hydrogens is 600 g/mol. The monoisotopic (exact) mass is 632 g/mol. The molecule has 4 aromatic rings. The second-order valence-electron chi connectivity index (χ2n) is 10.9. The molecule has 2 aliphatic heterocycles. The van der Waals surface area contributed by atoms with Crippen molar-refractivity contribution in [2.24, 2.45) is 0 Å². The summed E-state index contributed by atoms with van der Waals surface area (Å²) in [7, 11) is 0. The topological polar surface area (TPSA) is 98.2 Å². The molecule has 0 bridgehead atoms. The van der Waals surface area contributed by atoms with Gasteiger partial charge in [0, 0.05) is 17.0 Å². The predicted octanol–water partition coefficient (Wildman–Crippen LogP) is 7.87. The maximum Gasteiger partial charge on any atom is 0.301 e. The van der Waals surface area contributed by atoms with Gasteiger partial charge in [0.05, 0.1) is 35.0 Å². The number of fused-ring (bicyclic) bond motifs is 2. The molecule has 10 heteroatoms. The number of benzene rings is 3. The number of carbonyl (C=O) groups is 2. The summed E-state index contributed by atoms with van der Waals surface area (Å²) in [5, 5.41) is 12.6. The van der Waals surface area contributed by atoms with Crippen LogP contribution in [0.25, 0.3) is 16.0 Å². The molecule has 0 aliphatic carbocycles. The van der Waals surface area contributed by atoms with Gasteiger partial charge in [-0.1, -0.05) is 48.8 Å². The molecule has 44 heavy (non-hydrogen) atoms. The Morgan fingerprint density at radius 2 is 1.91 bits per heavy atom. The number of aliphatic hydroxyl groups is 1. The largest absolute Gasteiger partial charge is 0.507 e. The summed E-state index contributed by atoms with van der Waals surface area (Å²) in [6, 6.07) is 15.0. The standard InChI is InChI=1S/C34H33ClN2O6S/c1-4-6-7-14-42-26-13-8-20(17-27(26)41-5-2)30-29(31(38)21-9-12-25-22(16-21)15-19(3)43-25)32(39)33(40)37(30)34-36-24-11-10-23(35)18-28(24)44-34/h8-13,16-19,30,38H,4-7,14-15H2,1-3H3/t19-,30-/m0/s1. The lowest BCUT2D eigenvalue weighted by Crippen LogP contribution is -2.29. The number of Topliss-reactive ketones (excluding diaryl/α,β-unsaturated/α-hetero) is 1. The molecule has 2 atom stereocenters. The highest BCUT2D eigenvalue weighted by Crippen LogP contribution is 2.46. The maximum atomic E-state index is 13.8. The summed E-state index contributed by atoms with van der Waals surface area (Å²) in [5.74, 6) is -0.0291. The van der Waals surface area contributed by atoms with Crippen LogP contribution >= 0.6 is 22.9 Å². The van der Waals surface area contributed by atoms with E-state index in [1.54, 1.807) is 48.5 Å². The SMILES string of the molecule is CCCCCOc1ccc([C@H]2C(=C(O)c3ccc4c(c3)C[C@H](C)O4)C(=O)C(=O)N2c2nc3ccc(Cl)cc3s2)cc1OCC. The molecule has 1 amide bonds. The number of carbonyl (C=O) groups excluding carboxylic acids is 2. The van der Waals surface area contributed by atoms with Crippen LogP contribution in [0.5, 0.6) is 17.2 Å². The molecule has 1 saturated heterocycles. The smallest absolute Gasteiger partial charge is 0.301 e. The number of halogens is 1. The number of anilines is 1. The number of unbranched alkanes of at least 4 members (excludes halogenated alkanes) is 2. The lowest BCUT2D eigenvalue weighted by Gasteiger charge is -2.24. The number of hydrogen-bond donors (Lipinski definition) is 1. The number of nitrogens with zero attached hydrogens (tertiary/aromatic N) is 2. The molecule has 8 nitrogen and oxygen atoms in total. The average Bonchev–Trinajstić information content (AvgIpc) is 3.67. The summed E-state index contributed by atoms with van der Waals surface area (Å²) in [6.07, 6.45) is 3.74. The maximum absolute atomic E-state index is 13.8. The molecule has 0 spiro atoms. The Morgan fingerprint density at radius 3 is 2.70 bits per heavy atom. The molecule has 0 saturated carbocycles. The van der Waals surface area contributed by atoms with Crippen LogP contribution in [-0.2, 0) is 16.0 Å². The average molecular weight is 633 g/mol. The van der Waals surface area contributed by atoms with Crippen LogP contribution in [0.1, 0.15) is 62.8 Å². The molecule has 0 radical (unpaired) electrons. The van der Waals surface area contributed by atoms with Crippen molar-refractivity contribution < 1.29 is 28.9 Å². The fourth-order valence-electron chi connectivity index (χ4n) is 5.68. The predicted molar refractivity (Wildman–Crippen MR) is 172 cm³/mol. The minimum atomic E-state index is -0.970. The zero-order valence-electron chi connectivity index (χ0n) is 24.8. The van der Waals surface area contributed by atoms with E-state index in [4.69, 9.17) is 25.8 Å². The Morgan fingerprint density at radius 1 is 1.07 bits per heavy atom. The number of ketones is 1. The minimum Gasteiger partial charge on any atom is -0.507 e. The lowest BCUT2D eigenvalue weighted by molar-refractivity contribution is -0.132. The molecule has 3 heterocycles. The van der Waals surface area contributed by atoms with Crippen LogP contribution in [0.15, 0.2) is 60.2 Å². The van der Waals surface area contributed by atoms with Crippen molar-refractivity contribution in [3.63, 3.8) is 0 Å². The first-order chi connectivity index (χ1) is 21.3. The zero-order valence-corrected chi connectivity index (χ0v) is 26.3. The second-order valence-corrected chi connectivity index (χ2v) is 12.4. The number of thiazole rings is 1. The van der Waals surface area contributed by atoms with E-state index in [1.807, 2.05) is 19.9 Å². The minimum absolute atomic E-state index is 0.0141.